The van der Waals surface area contributed by atoms with Gasteiger partial charge in [0.05, 0.1) is 0 Å². The molecule has 7 heavy (non-hydrogen) atoms. The van der Waals surface area contributed by atoms with Gasteiger partial charge in [0.15, 0.2) is 0 Å². The van der Waals surface area contributed by atoms with E-state index in [-0.39, 0.29) is 0 Å². The van der Waals surface area contributed by atoms with E-state index in [0.29, 0.717) is 0 Å². The first-order chi connectivity index (χ1) is 3.27. The van der Waals surface area contributed by atoms with Crippen LogP contribution < -0.4 is 5.43 Å². The molecule has 0 atom stereocenters. The third-order valence-corrected chi connectivity index (χ3v) is 0.445. The van der Waals surface area contributed by atoms with E-state index >= 15 is 0 Å². The number of hydrogen-bond acceptors (Lipinski definition) is 2. The summed E-state index contributed by atoms with van der Waals surface area (Å²) in [5.41, 5.74) is 3.79. The second-order valence-corrected chi connectivity index (χ2v) is 1.51. The Morgan fingerprint density at radius 3 is 2.43 bits per heavy atom. The fraction of sp³-hybridized carbons (Fsp3) is 0.400. The largest absolute Gasteiger partial charge is 0.286 e. The van der Waals surface area contributed by atoms with Crippen molar-refractivity contribution < 1.29 is 0 Å². The van der Waals surface area contributed by atoms with Gasteiger partial charge in [-0.25, -0.2) is 0 Å². The molecule has 0 radical (unpaired) electrons. The van der Waals surface area contributed by atoms with Gasteiger partial charge in [0, 0.05) is 12.9 Å². The van der Waals surface area contributed by atoms with E-state index < -0.39 is 0 Å². The summed E-state index contributed by atoms with van der Waals surface area (Å²) in [5, 5.41) is 3.40. The molecule has 0 fully saturated rings. The Labute approximate surface area is 43.9 Å². The van der Waals surface area contributed by atoms with Crippen LogP contribution in [0.25, 0.3) is 0 Å². The predicted molar refractivity (Wildman–Crippen MR) is 32.1 cm³/mol. The lowest BCUT2D eigenvalue weighted by molar-refractivity contribution is 0.963. The van der Waals surface area contributed by atoms with Gasteiger partial charge in [-0.05, 0) is 13.8 Å². The molecule has 0 saturated heterocycles. The molecule has 2 nitrogen and oxygen atoms in total. The number of allylic oxidation sites excluding steroid dienone is 1. The van der Waals surface area contributed by atoms with Crippen molar-refractivity contribution in [3.8, 4) is 0 Å². The molecule has 0 spiro atoms. The van der Waals surface area contributed by atoms with Crippen molar-refractivity contribution in [2.75, 3.05) is 0 Å². The number of hydrazone groups is 1. The standard InChI is InChI=1S/C5H10N2/c1-5(2)4-7-6-3/h4,7H,3H2,1-2H3. The lowest BCUT2D eigenvalue weighted by Crippen LogP contribution is -1.90. The molecule has 0 unspecified atom stereocenters. The van der Waals surface area contributed by atoms with E-state index in [2.05, 4.69) is 17.2 Å². The maximum absolute atomic E-state index is 3.40. The minimum atomic E-state index is 1.19. The third-order valence-electron chi connectivity index (χ3n) is 0.445. The lowest BCUT2D eigenvalue weighted by atomic mass is 10.4. The van der Waals surface area contributed by atoms with Gasteiger partial charge in [0.25, 0.3) is 0 Å². The SMILES string of the molecule is C=NNC=C(C)C. The number of rotatable bonds is 2. The van der Waals surface area contributed by atoms with Gasteiger partial charge in [-0.15, -0.1) is 0 Å². The Morgan fingerprint density at radius 2 is 2.29 bits per heavy atom. The minimum Gasteiger partial charge on any atom is -0.286 e. The zero-order valence-corrected chi connectivity index (χ0v) is 4.73. The van der Waals surface area contributed by atoms with Gasteiger partial charge in [0.2, 0.25) is 0 Å². The summed E-state index contributed by atoms with van der Waals surface area (Å²) in [7, 11) is 0. The fourth-order valence-corrected chi connectivity index (χ4v) is 0.175. The zero-order chi connectivity index (χ0) is 5.70. The number of hydrogen-bond donors (Lipinski definition) is 1. The highest BCUT2D eigenvalue weighted by Gasteiger charge is 1.67. The van der Waals surface area contributed by atoms with E-state index in [9.17, 15) is 0 Å². The van der Waals surface area contributed by atoms with Crippen LogP contribution in [0.5, 0.6) is 0 Å². The first-order valence-electron chi connectivity index (χ1n) is 2.12. The second-order valence-electron chi connectivity index (χ2n) is 1.51. The summed E-state index contributed by atoms with van der Waals surface area (Å²) in [5.74, 6) is 0. The quantitative estimate of drug-likeness (QED) is 0.406. The Kier molecular flexibility index (Phi) is 3.02. The van der Waals surface area contributed by atoms with Crippen LogP contribution in [-0.4, -0.2) is 6.72 Å². The molecule has 0 amide bonds. The van der Waals surface area contributed by atoms with Crippen molar-refractivity contribution >= 4 is 6.72 Å². The van der Waals surface area contributed by atoms with Gasteiger partial charge in [-0.1, -0.05) is 5.57 Å². The molecule has 0 aromatic carbocycles. The molecule has 0 rings (SSSR count). The van der Waals surface area contributed by atoms with Crippen LogP contribution in [0.3, 0.4) is 0 Å². The van der Waals surface area contributed by atoms with Crippen molar-refractivity contribution in [1.82, 2.24) is 5.43 Å². The number of nitrogens with zero attached hydrogens (tertiary/aromatic N) is 1. The van der Waals surface area contributed by atoms with Crippen LogP contribution in [-0.2, 0) is 0 Å². The summed E-state index contributed by atoms with van der Waals surface area (Å²) in [4.78, 5) is 0. The van der Waals surface area contributed by atoms with E-state index in [1.807, 2.05) is 13.8 Å². The monoisotopic (exact) mass is 98.1 g/mol. The Morgan fingerprint density at radius 1 is 1.71 bits per heavy atom. The lowest BCUT2D eigenvalue weighted by Gasteiger charge is -1.86. The van der Waals surface area contributed by atoms with Crippen LogP contribution in [0.15, 0.2) is 16.9 Å². The third kappa shape index (κ3) is 5.21. The van der Waals surface area contributed by atoms with Gasteiger partial charge >= 0.3 is 0 Å². The van der Waals surface area contributed by atoms with Crippen LogP contribution in [0.2, 0.25) is 0 Å². The highest BCUT2D eigenvalue weighted by molar-refractivity contribution is 5.22. The summed E-state index contributed by atoms with van der Waals surface area (Å²) < 4.78 is 0. The smallest absolute Gasteiger partial charge is 0.0186 e. The van der Waals surface area contributed by atoms with Crippen molar-refractivity contribution in [1.29, 1.82) is 0 Å². The van der Waals surface area contributed by atoms with Crippen molar-refractivity contribution in [2.45, 2.75) is 13.8 Å². The molecule has 0 aromatic heterocycles. The van der Waals surface area contributed by atoms with Crippen molar-refractivity contribution in [3.63, 3.8) is 0 Å². The normalized spacial score (nSPS) is 7.14. The molecular weight excluding hydrogens is 88.1 g/mol. The van der Waals surface area contributed by atoms with Gasteiger partial charge in [-0.3, -0.25) is 5.43 Å². The maximum Gasteiger partial charge on any atom is 0.0186 e. The first-order valence-corrected chi connectivity index (χ1v) is 2.12. The molecule has 2 heteroatoms. The Bertz CT molecular complexity index is 80.1. The fourth-order valence-electron chi connectivity index (χ4n) is 0.175. The maximum atomic E-state index is 3.40. The average molecular weight is 98.1 g/mol. The molecule has 0 aliphatic carbocycles. The summed E-state index contributed by atoms with van der Waals surface area (Å²) in [6.45, 7) is 7.20. The predicted octanol–water partition coefficient (Wildman–Crippen LogP) is 1.12. The molecule has 0 aliphatic rings. The summed E-state index contributed by atoms with van der Waals surface area (Å²) >= 11 is 0. The topological polar surface area (TPSA) is 24.4 Å². The molecule has 0 bridgehead atoms. The molecule has 0 aromatic rings. The van der Waals surface area contributed by atoms with E-state index in [1.54, 1.807) is 6.20 Å². The summed E-state index contributed by atoms with van der Waals surface area (Å²) in [6.07, 6.45) is 1.78. The van der Waals surface area contributed by atoms with Gasteiger partial charge < -0.3 is 0 Å². The molecule has 0 aliphatic heterocycles. The van der Waals surface area contributed by atoms with Crippen LogP contribution in [0.1, 0.15) is 13.8 Å². The van der Waals surface area contributed by atoms with Crippen molar-refractivity contribution in [2.24, 2.45) is 5.10 Å². The molecule has 0 heterocycles. The van der Waals surface area contributed by atoms with Gasteiger partial charge in [0.1, 0.15) is 0 Å². The zero-order valence-electron chi connectivity index (χ0n) is 4.73. The highest BCUT2D eigenvalue weighted by Crippen LogP contribution is 1.81. The first kappa shape index (κ1) is 6.21. The highest BCUT2D eigenvalue weighted by atomic mass is 15.3. The van der Waals surface area contributed by atoms with Crippen LogP contribution in [0, 0.1) is 0 Å². The average Bonchev–Trinajstić information content (AvgIpc) is 1.61. The minimum absolute atomic E-state index is 1.19. The van der Waals surface area contributed by atoms with Crippen LogP contribution in [0.4, 0.5) is 0 Å². The Hall–Kier alpha value is -0.790. The number of nitrogens with one attached hydrogen (secondary N) is 1. The van der Waals surface area contributed by atoms with E-state index in [4.69, 9.17) is 0 Å². The van der Waals surface area contributed by atoms with Crippen molar-refractivity contribution in [3.05, 3.63) is 11.8 Å². The van der Waals surface area contributed by atoms with E-state index in [0.717, 1.165) is 0 Å². The molecule has 1 N–H and O–H groups in total. The second kappa shape index (κ2) is 3.40. The molecular formula is C5H10N2. The summed E-state index contributed by atoms with van der Waals surface area (Å²) in [6, 6.07) is 0. The van der Waals surface area contributed by atoms with E-state index in [1.165, 1.54) is 5.57 Å². The van der Waals surface area contributed by atoms with Crippen LogP contribution >= 0.6 is 0 Å². The molecule has 0 saturated carbocycles. The Balaban J connectivity index is 3.25. The molecule has 40 valence electrons. The van der Waals surface area contributed by atoms with Gasteiger partial charge in [-0.2, -0.15) is 5.10 Å².